The number of nitrogens with one attached hydrogen (secondary N) is 1. The Morgan fingerprint density at radius 1 is 1.17 bits per heavy atom. The molecule has 0 atom stereocenters. The molecule has 0 unspecified atom stereocenters. The molecule has 0 saturated carbocycles. The molecule has 6 nitrogen and oxygen atoms in total. The topological polar surface area (TPSA) is 73.0 Å². The van der Waals surface area contributed by atoms with Crippen molar-refractivity contribution >= 4 is 69.1 Å². The average molecular weight is 468 g/mol. The minimum absolute atomic E-state index is 0.130. The fraction of sp³-hybridized carbons (Fsp3) is 0.105. The number of carbonyl (C=O) groups is 1. The summed E-state index contributed by atoms with van der Waals surface area (Å²) >= 11 is 19.3. The lowest BCUT2D eigenvalue weighted by Crippen LogP contribution is -2.14. The molecule has 10 heteroatoms. The Balaban J connectivity index is 1.47. The van der Waals surface area contributed by atoms with E-state index in [0.29, 0.717) is 43.1 Å². The molecule has 1 N–H and O–H groups in total. The van der Waals surface area contributed by atoms with E-state index in [-0.39, 0.29) is 11.7 Å². The van der Waals surface area contributed by atoms with E-state index in [1.54, 1.807) is 34.9 Å². The molecule has 0 aliphatic rings. The summed E-state index contributed by atoms with van der Waals surface area (Å²) in [6, 6.07) is 12.3. The summed E-state index contributed by atoms with van der Waals surface area (Å²) in [5.74, 6) is 1.02. The Hall–Kier alpha value is -2.19. The van der Waals surface area contributed by atoms with Crippen molar-refractivity contribution < 1.29 is 9.21 Å². The molecule has 1 amide bonds. The molecule has 0 bridgehead atoms. The Labute approximate surface area is 185 Å². The van der Waals surface area contributed by atoms with E-state index >= 15 is 0 Å². The number of amides is 1. The van der Waals surface area contributed by atoms with Gasteiger partial charge in [-0.1, -0.05) is 52.6 Å². The molecule has 0 radical (unpaired) electrons. The van der Waals surface area contributed by atoms with Gasteiger partial charge in [0.1, 0.15) is 5.58 Å². The number of hydrogen-bond donors (Lipinski definition) is 1. The molecule has 2 heterocycles. The van der Waals surface area contributed by atoms with Crippen molar-refractivity contribution in [3.8, 4) is 11.6 Å². The van der Waals surface area contributed by atoms with Gasteiger partial charge in [-0.2, -0.15) is 0 Å². The van der Waals surface area contributed by atoms with E-state index in [4.69, 9.17) is 39.2 Å². The number of halogens is 3. The second kappa shape index (κ2) is 8.28. The van der Waals surface area contributed by atoms with E-state index in [9.17, 15) is 4.79 Å². The minimum Gasteiger partial charge on any atom is -0.453 e. The highest BCUT2D eigenvalue weighted by molar-refractivity contribution is 7.99. The molecular weight excluding hydrogens is 455 g/mol. The first kappa shape index (κ1) is 20.1. The third-order valence-corrected chi connectivity index (χ3v) is 6.17. The highest BCUT2D eigenvalue weighted by atomic mass is 35.5. The maximum absolute atomic E-state index is 12.3. The molecule has 0 aliphatic carbocycles. The zero-order valence-corrected chi connectivity index (χ0v) is 18.0. The molecule has 4 rings (SSSR count). The maximum atomic E-state index is 12.3. The third-order valence-electron chi connectivity index (χ3n) is 4.09. The van der Waals surface area contributed by atoms with Gasteiger partial charge in [-0.15, -0.1) is 10.2 Å². The van der Waals surface area contributed by atoms with Crippen LogP contribution in [0.3, 0.4) is 0 Å². The van der Waals surface area contributed by atoms with E-state index < -0.39 is 0 Å². The van der Waals surface area contributed by atoms with Gasteiger partial charge in [0.2, 0.25) is 5.91 Å². The molecule has 2 aromatic carbocycles. The monoisotopic (exact) mass is 466 g/mol. The number of benzene rings is 2. The molecule has 0 aliphatic heterocycles. The van der Waals surface area contributed by atoms with Crippen molar-refractivity contribution in [1.82, 2.24) is 14.8 Å². The second-order valence-corrected chi connectivity index (χ2v) is 8.26. The summed E-state index contributed by atoms with van der Waals surface area (Å²) in [6.45, 7) is 0. The summed E-state index contributed by atoms with van der Waals surface area (Å²) in [5.41, 5.74) is 1.17. The van der Waals surface area contributed by atoms with Gasteiger partial charge < -0.3 is 14.3 Å². The summed E-state index contributed by atoms with van der Waals surface area (Å²) in [5, 5.41) is 13.8. The minimum atomic E-state index is -0.234. The van der Waals surface area contributed by atoms with Gasteiger partial charge in [0.25, 0.3) is 0 Å². The molecule has 148 valence electrons. The van der Waals surface area contributed by atoms with Crippen LogP contribution in [0.15, 0.2) is 52.0 Å². The average Bonchev–Trinajstić information content (AvgIpc) is 3.26. The predicted octanol–water partition coefficient (Wildman–Crippen LogP) is 5.92. The van der Waals surface area contributed by atoms with Crippen LogP contribution in [-0.4, -0.2) is 26.4 Å². The smallest absolute Gasteiger partial charge is 0.234 e. The second-order valence-electron chi connectivity index (χ2n) is 6.10. The van der Waals surface area contributed by atoms with Crippen molar-refractivity contribution in [2.75, 3.05) is 11.1 Å². The first-order valence-electron chi connectivity index (χ1n) is 8.38. The van der Waals surface area contributed by atoms with Gasteiger partial charge in [0.15, 0.2) is 16.7 Å². The number of thioether (sulfide) groups is 1. The van der Waals surface area contributed by atoms with Crippen LogP contribution in [0.4, 0.5) is 5.69 Å². The van der Waals surface area contributed by atoms with Crippen LogP contribution >= 0.6 is 46.6 Å². The van der Waals surface area contributed by atoms with E-state index in [2.05, 4.69) is 15.5 Å². The van der Waals surface area contributed by atoms with Gasteiger partial charge in [-0.05, 0) is 36.4 Å². The lowest BCUT2D eigenvalue weighted by Gasteiger charge is -2.08. The highest BCUT2D eigenvalue weighted by Gasteiger charge is 2.17. The fourth-order valence-corrected chi connectivity index (χ4v) is 3.94. The first-order chi connectivity index (χ1) is 13.9. The van der Waals surface area contributed by atoms with Crippen LogP contribution in [0.5, 0.6) is 0 Å². The molecule has 0 saturated heterocycles. The highest BCUT2D eigenvalue weighted by Crippen LogP contribution is 2.31. The van der Waals surface area contributed by atoms with Crippen LogP contribution in [0.2, 0.25) is 15.1 Å². The number of rotatable bonds is 5. The third kappa shape index (κ3) is 4.23. The van der Waals surface area contributed by atoms with Gasteiger partial charge in [-0.25, -0.2) is 0 Å². The summed E-state index contributed by atoms with van der Waals surface area (Å²) in [4.78, 5) is 12.3. The largest absolute Gasteiger partial charge is 0.453 e. The lowest BCUT2D eigenvalue weighted by atomic mass is 10.2. The number of nitrogens with zero attached hydrogens (tertiary/aromatic N) is 3. The number of fused-ring (bicyclic) bond motifs is 1. The molecule has 0 fully saturated rings. The van der Waals surface area contributed by atoms with Gasteiger partial charge in [0, 0.05) is 17.5 Å². The summed E-state index contributed by atoms with van der Waals surface area (Å²) in [6.07, 6.45) is 0. The predicted molar refractivity (Wildman–Crippen MR) is 117 cm³/mol. The van der Waals surface area contributed by atoms with Crippen molar-refractivity contribution in [2.45, 2.75) is 5.16 Å². The van der Waals surface area contributed by atoms with Crippen molar-refractivity contribution in [3.63, 3.8) is 0 Å². The number of aromatic nitrogens is 3. The molecular formula is C19H13Cl3N4O2S. The standard InChI is InChI=1S/C19H13Cl3N4O2S/c1-26-18(15-8-10-7-11(20)5-6-14(10)28-15)24-25-19(26)29-9-16(27)23-13-4-2-3-12(21)17(13)22/h2-8H,9H2,1H3,(H,23,27). The van der Waals surface area contributed by atoms with Crippen LogP contribution in [0, 0.1) is 0 Å². The molecule has 4 aromatic rings. The zero-order valence-electron chi connectivity index (χ0n) is 14.9. The van der Waals surface area contributed by atoms with E-state index in [1.807, 2.05) is 19.2 Å². The van der Waals surface area contributed by atoms with Crippen LogP contribution in [0.25, 0.3) is 22.6 Å². The number of anilines is 1. The van der Waals surface area contributed by atoms with Crippen LogP contribution in [0.1, 0.15) is 0 Å². The SMILES string of the molecule is Cn1c(SCC(=O)Nc2cccc(Cl)c2Cl)nnc1-c1cc2cc(Cl)ccc2o1. The normalized spacial score (nSPS) is 11.2. The Morgan fingerprint density at radius 2 is 2.00 bits per heavy atom. The van der Waals surface area contributed by atoms with Gasteiger partial charge in [0.05, 0.1) is 21.5 Å². The Morgan fingerprint density at radius 3 is 2.83 bits per heavy atom. The van der Waals surface area contributed by atoms with Gasteiger partial charge >= 0.3 is 0 Å². The number of carbonyl (C=O) groups excluding carboxylic acids is 1. The number of furan rings is 1. The van der Waals surface area contributed by atoms with Crippen molar-refractivity contribution in [3.05, 3.63) is 57.5 Å². The fourth-order valence-electron chi connectivity index (χ4n) is 2.70. The van der Waals surface area contributed by atoms with Crippen molar-refractivity contribution in [1.29, 1.82) is 0 Å². The number of hydrogen-bond acceptors (Lipinski definition) is 5. The molecule has 29 heavy (non-hydrogen) atoms. The molecule has 0 spiro atoms. The maximum Gasteiger partial charge on any atom is 0.234 e. The quantitative estimate of drug-likeness (QED) is 0.369. The summed E-state index contributed by atoms with van der Waals surface area (Å²) < 4.78 is 7.60. The van der Waals surface area contributed by atoms with Crippen LogP contribution < -0.4 is 5.32 Å². The van der Waals surface area contributed by atoms with Crippen LogP contribution in [-0.2, 0) is 11.8 Å². The molecule has 2 aromatic heterocycles. The van der Waals surface area contributed by atoms with Crippen molar-refractivity contribution in [2.24, 2.45) is 7.05 Å². The van der Waals surface area contributed by atoms with Gasteiger partial charge in [-0.3, -0.25) is 4.79 Å². The van der Waals surface area contributed by atoms with E-state index in [0.717, 1.165) is 5.39 Å². The zero-order chi connectivity index (χ0) is 20.5. The Kier molecular flexibility index (Phi) is 5.74. The first-order valence-corrected chi connectivity index (χ1v) is 10.5. The lowest BCUT2D eigenvalue weighted by molar-refractivity contribution is -0.113. The Bertz CT molecular complexity index is 1220. The van der Waals surface area contributed by atoms with E-state index in [1.165, 1.54) is 11.8 Å². The summed E-state index contributed by atoms with van der Waals surface area (Å²) in [7, 11) is 1.81.